The van der Waals surface area contributed by atoms with Gasteiger partial charge in [-0.1, -0.05) is 376 Å². The second-order valence-electron chi connectivity index (χ2n) is 31.1. The Bertz CT molecular complexity index is 1990. The van der Waals surface area contributed by atoms with Gasteiger partial charge in [-0.15, -0.1) is 0 Å². The van der Waals surface area contributed by atoms with Gasteiger partial charge in [-0.3, -0.25) is 37.3 Å². The molecule has 0 aliphatic carbocycles. The van der Waals surface area contributed by atoms with Crippen LogP contribution in [0.25, 0.3) is 0 Å². The van der Waals surface area contributed by atoms with E-state index in [0.29, 0.717) is 25.7 Å². The Balaban J connectivity index is 5.20. The fraction of sp³-hybridized carbons (Fsp3) is 0.952. The monoisotopic (exact) mass is 1490 g/mol. The zero-order valence-electron chi connectivity index (χ0n) is 67.2. The highest BCUT2D eigenvalue weighted by atomic mass is 31.2. The minimum Gasteiger partial charge on any atom is -0.462 e. The lowest BCUT2D eigenvalue weighted by Crippen LogP contribution is -2.30. The first kappa shape index (κ1) is 100. The van der Waals surface area contributed by atoms with Crippen LogP contribution in [0, 0.1) is 23.7 Å². The van der Waals surface area contributed by atoms with Crippen molar-refractivity contribution in [1.82, 2.24) is 0 Å². The highest BCUT2D eigenvalue weighted by molar-refractivity contribution is 7.47. The van der Waals surface area contributed by atoms with Crippen LogP contribution in [0.4, 0.5) is 0 Å². The number of phosphoric acid groups is 2. The number of carbonyl (C=O) groups excluding carboxylic acids is 4. The molecule has 0 aliphatic heterocycles. The average molecular weight is 1490 g/mol. The summed E-state index contributed by atoms with van der Waals surface area (Å²) in [7, 11) is -9.92. The maximum absolute atomic E-state index is 13.1. The topological polar surface area (TPSA) is 237 Å². The average Bonchev–Trinajstić information content (AvgIpc) is 0.919. The van der Waals surface area contributed by atoms with E-state index in [0.717, 1.165) is 120 Å². The van der Waals surface area contributed by atoms with Gasteiger partial charge in [0.05, 0.1) is 26.4 Å². The van der Waals surface area contributed by atoms with Gasteiger partial charge in [-0.2, -0.15) is 0 Å². The van der Waals surface area contributed by atoms with Crippen LogP contribution < -0.4 is 0 Å². The molecule has 17 nitrogen and oxygen atoms in total. The van der Waals surface area contributed by atoms with E-state index in [9.17, 15) is 43.2 Å². The quantitative estimate of drug-likeness (QED) is 0.0222. The number of phosphoric ester groups is 2. The number of aliphatic hydroxyl groups excluding tert-OH is 1. The van der Waals surface area contributed by atoms with E-state index in [2.05, 4.69) is 55.4 Å². The molecule has 0 rings (SSSR count). The SMILES string of the molecule is CCC(C)CCCCCCCCCCCCCCCCCCCCC(=O)O[C@H](COC(=O)CCCCCCCCC(C)CC)COP(=O)(O)OC[C@H](O)COP(=O)(O)OC[C@@H](COC(=O)CCCCCCCCCCCCCCCC(C)C)OC(=O)CCCCCCCCCCCCC(C)CC. The molecule has 0 heterocycles. The molecule has 0 amide bonds. The van der Waals surface area contributed by atoms with E-state index >= 15 is 0 Å². The molecule has 3 N–H and O–H groups in total. The van der Waals surface area contributed by atoms with Crippen molar-refractivity contribution in [3.63, 3.8) is 0 Å². The minimum atomic E-state index is -4.96. The lowest BCUT2D eigenvalue weighted by molar-refractivity contribution is -0.161. The summed E-state index contributed by atoms with van der Waals surface area (Å²) in [5.74, 6) is 1.08. The molecule has 102 heavy (non-hydrogen) atoms. The van der Waals surface area contributed by atoms with Gasteiger partial charge in [-0.25, -0.2) is 9.13 Å². The largest absolute Gasteiger partial charge is 0.472 e. The standard InChI is InChI=1S/C83H162O17P2/c1-9-74(6)60-52-44-36-30-24-20-16-14-12-13-15-17-21-26-33-39-49-57-65-82(87)100-79(70-94-81(86)64-56-48-42-41-46-54-62-76(8)11-3)72-98-102(91,92)96-68-77(84)67-95-101(89,90)97-71-78(99-83(88)66-58-50-40-34-28-27-31-37-45-53-61-75(7)10-2)69-93-80(85)63-55-47-38-32-25-22-18-19-23-29-35-43-51-59-73(4)5/h73-79,84H,9-72H2,1-8H3,(H,89,90)(H,91,92)/t74?,75?,76?,77-,78-,79-/m1/s1. The first-order chi connectivity index (χ1) is 49.2. The summed E-state index contributed by atoms with van der Waals surface area (Å²) in [6, 6.07) is 0. The van der Waals surface area contributed by atoms with Gasteiger partial charge in [0.2, 0.25) is 0 Å². The van der Waals surface area contributed by atoms with Crippen LogP contribution in [0.15, 0.2) is 0 Å². The number of esters is 4. The molecule has 19 heteroatoms. The van der Waals surface area contributed by atoms with Gasteiger partial charge < -0.3 is 33.8 Å². The number of rotatable bonds is 80. The van der Waals surface area contributed by atoms with E-state index in [4.69, 9.17) is 37.0 Å². The third kappa shape index (κ3) is 72.3. The number of carbonyl (C=O) groups is 4. The van der Waals surface area contributed by atoms with Crippen molar-refractivity contribution in [2.24, 2.45) is 23.7 Å². The number of aliphatic hydroxyl groups is 1. The first-order valence-corrected chi connectivity index (χ1v) is 45.8. The highest BCUT2D eigenvalue weighted by Crippen LogP contribution is 2.45. The second-order valence-corrected chi connectivity index (χ2v) is 34.0. The smallest absolute Gasteiger partial charge is 0.462 e. The minimum absolute atomic E-state index is 0.106. The summed E-state index contributed by atoms with van der Waals surface area (Å²) in [5, 5.41) is 10.7. The summed E-state index contributed by atoms with van der Waals surface area (Å²) >= 11 is 0. The molecule has 0 saturated heterocycles. The third-order valence-corrected chi connectivity index (χ3v) is 22.3. The van der Waals surface area contributed by atoms with Crippen LogP contribution in [0.1, 0.15) is 428 Å². The third-order valence-electron chi connectivity index (χ3n) is 20.4. The molecule has 606 valence electrons. The van der Waals surface area contributed by atoms with Crippen molar-refractivity contribution < 1.29 is 80.2 Å². The van der Waals surface area contributed by atoms with Gasteiger partial charge >= 0.3 is 39.5 Å². The first-order valence-electron chi connectivity index (χ1n) is 42.8. The molecule has 0 fully saturated rings. The van der Waals surface area contributed by atoms with Gasteiger partial charge in [0, 0.05) is 25.7 Å². The fourth-order valence-electron chi connectivity index (χ4n) is 12.7. The molecule has 0 saturated carbocycles. The molecular formula is C83H162O17P2. The predicted octanol–water partition coefficient (Wildman–Crippen LogP) is 24.8. The van der Waals surface area contributed by atoms with Gasteiger partial charge in [-0.05, 0) is 49.4 Å². The van der Waals surface area contributed by atoms with E-state index in [1.165, 1.54) is 225 Å². The number of hydrogen-bond donors (Lipinski definition) is 3. The molecular weight excluding hydrogens is 1330 g/mol. The van der Waals surface area contributed by atoms with Crippen molar-refractivity contribution in [3.8, 4) is 0 Å². The van der Waals surface area contributed by atoms with Gasteiger partial charge in [0.25, 0.3) is 0 Å². The predicted molar refractivity (Wildman–Crippen MR) is 418 cm³/mol. The number of ether oxygens (including phenoxy) is 4. The molecule has 0 aromatic heterocycles. The van der Waals surface area contributed by atoms with E-state index in [-0.39, 0.29) is 25.7 Å². The van der Waals surface area contributed by atoms with E-state index < -0.39 is 97.5 Å². The zero-order chi connectivity index (χ0) is 75.3. The van der Waals surface area contributed by atoms with Crippen molar-refractivity contribution in [1.29, 1.82) is 0 Å². The highest BCUT2D eigenvalue weighted by Gasteiger charge is 2.30. The van der Waals surface area contributed by atoms with Gasteiger partial charge in [0.15, 0.2) is 12.2 Å². The van der Waals surface area contributed by atoms with E-state index in [1.807, 2.05) is 0 Å². The van der Waals surface area contributed by atoms with Crippen molar-refractivity contribution in [2.45, 2.75) is 446 Å². The molecule has 0 aromatic carbocycles. The summed E-state index contributed by atoms with van der Waals surface area (Å²) in [4.78, 5) is 73.1. The summed E-state index contributed by atoms with van der Waals surface area (Å²) in [6.07, 6.45) is 59.6. The molecule has 0 aliphatic rings. The van der Waals surface area contributed by atoms with Crippen LogP contribution >= 0.6 is 15.6 Å². The Morgan fingerprint density at radius 3 is 0.696 bits per heavy atom. The van der Waals surface area contributed by atoms with Crippen LogP contribution in [0.3, 0.4) is 0 Å². The van der Waals surface area contributed by atoms with Crippen molar-refractivity contribution >= 4 is 39.5 Å². The molecule has 0 bridgehead atoms. The number of unbranched alkanes of at least 4 members (excludes halogenated alkanes) is 43. The molecule has 0 radical (unpaired) electrons. The van der Waals surface area contributed by atoms with Gasteiger partial charge in [0.1, 0.15) is 19.3 Å². The summed E-state index contributed by atoms with van der Waals surface area (Å²) < 4.78 is 68.8. The Morgan fingerprint density at radius 1 is 0.275 bits per heavy atom. The molecule has 5 unspecified atom stereocenters. The number of hydrogen-bond acceptors (Lipinski definition) is 15. The van der Waals surface area contributed by atoms with Crippen LogP contribution in [-0.4, -0.2) is 96.7 Å². The summed E-state index contributed by atoms with van der Waals surface area (Å²) in [5.41, 5.74) is 0. The molecule has 8 atom stereocenters. The molecule has 0 spiro atoms. The van der Waals surface area contributed by atoms with Crippen molar-refractivity contribution in [2.75, 3.05) is 39.6 Å². The maximum atomic E-state index is 13.1. The zero-order valence-corrected chi connectivity index (χ0v) is 69.0. The van der Waals surface area contributed by atoms with E-state index in [1.54, 1.807) is 0 Å². The molecule has 0 aromatic rings. The Labute approximate surface area is 626 Å². The fourth-order valence-corrected chi connectivity index (χ4v) is 14.3. The van der Waals surface area contributed by atoms with Crippen LogP contribution in [-0.2, 0) is 65.4 Å². The van der Waals surface area contributed by atoms with Crippen LogP contribution in [0.5, 0.6) is 0 Å². The van der Waals surface area contributed by atoms with Crippen molar-refractivity contribution in [3.05, 3.63) is 0 Å². The lowest BCUT2D eigenvalue weighted by atomic mass is 9.99. The maximum Gasteiger partial charge on any atom is 0.472 e. The van der Waals surface area contributed by atoms with Crippen LogP contribution in [0.2, 0.25) is 0 Å². The second kappa shape index (κ2) is 72.0. The summed E-state index contributed by atoms with van der Waals surface area (Å²) in [6.45, 7) is 14.3. The Morgan fingerprint density at radius 2 is 0.471 bits per heavy atom. The lowest BCUT2D eigenvalue weighted by Gasteiger charge is -2.21. The Kier molecular flexibility index (Phi) is 70.6. The normalized spacial score (nSPS) is 14.8. The Hall–Kier alpha value is -1.94.